The molecule has 2 aromatic rings. The third kappa shape index (κ3) is 2.13. The van der Waals surface area contributed by atoms with Gasteiger partial charge in [-0.1, -0.05) is 0 Å². The predicted octanol–water partition coefficient (Wildman–Crippen LogP) is 1.57. The Morgan fingerprint density at radius 3 is 2.61 bits per heavy atom. The van der Waals surface area contributed by atoms with Gasteiger partial charge in [-0.15, -0.1) is 10.2 Å². The largest absolute Gasteiger partial charge is 0.486 e. The molecule has 1 aromatic heterocycles. The highest BCUT2D eigenvalue weighted by Gasteiger charge is 2.11. The standard InChI is InChI=1S/C12H12N4O2/c13-11-3-4-12(16-15-11)14-8-1-2-9-10(7-8)18-6-5-17-9/h1-4,7H,5-6H2,(H2,13,15)(H,14,16). The maximum atomic E-state index is 5.50. The van der Waals surface area contributed by atoms with Gasteiger partial charge in [0.15, 0.2) is 17.3 Å². The number of nitrogens with one attached hydrogen (secondary N) is 1. The van der Waals surface area contributed by atoms with Crippen molar-refractivity contribution in [2.75, 3.05) is 24.3 Å². The highest BCUT2D eigenvalue weighted by atomic mass is 16.6. The first-order valence-electron chi connectivity index (χ1n) is 5.57. The smallest absolute Gasteiger partial charge is 0.163 e. The summed E-state index contributed by atoms with van der Waals surface area (Å²) in [7, 11) is 0. The van der Waals surface area contributed by atoms with Gasteiger partial charge in [0.2, 0.25) is 0 Å². The van der Waals surface area contributed by atoms with Crippen LogP contribution in [0.2, 0.25) is 0 Å². The van der Waals surface area contributed by atoms with E-state index < -0.39 is 0 Å². The highest BCUT2D eigenvalue weighted by Crippen LogP contribution is 2.33. The van der Waals surface area contributed by atoms with Gasteiger partial charge in [-0.3, -0.25) is 0 Å². The Hall–Kier alpha value is -2.50. The van der Waals surface area contributed by atoms with Crippen LogP contribution in [0.5, 0.6) is 11.5 Å². The number of benzene rings is 1. The SMILES string of the molecule is Nc1ccc(Nc2ccc3c(c2)OCCO3)nn1. The van der Waals surface area contributed by atoms with E-state index in [9.17, 15) is 0 Å². The fourth-order valence-electron chi connectivity index (χ4n) is 1.68. The Morgan fingerprint density at radius 1 is 1.00 bits per heavy atom. The van der Waals surface area contributed by atoms with Crippen LogP contribution in [0.25, 0.3) is 0 Å². The number of hydrogen-bond donors (Lipinski definition) is 2. The molecule has 0 saturated carbocycles. The third-order valence-corrected chi connectivity index (χ3v) is 2.50. The first-order valence-corrected chi connectivity index (χ1v) is 5.57. The van der Waals surface area contributed by atoms with Crippen LogP contribution in [0.1, 0.15) is 0 Å². The molecule has 0 fully saturated rings. The van der Waals surface area contributed by atoms with Gasteiger partial charge in [0.25, 0.3) is 0 Å². The van der Waals surface area contributed by atoms with Crippen molar-refractivity contribution in [1.82, 2.24) is 10.2 Å². The molecular formula is C12H12N4O2. The Labute approximate surface area is 104 Å². The van der Waals surface area contributed by atoms with Crippen molar-refractivity contribution in [3.8, 4) is 11.5 Å². The molecule has 0 bridgehead atoms. The van der Waals surface area contributed by atoms with Crippen molar-refractivity contribution >= 4 is 17.3 Å². The second-order valence-corrected chi connectivity index (χ2v) is 3.83. The second-order valence-electron chi connectivity index (χ2n) is 3.83. The molecule has 18 heavy (non-hydrogen) atoms. The molecular weight excluding hydrogens is 232 g/mol. The molecule has 2 heterocycles. The van der Waals surface area contributed by atoms with E-state index in [4.69, 9.17) is 15.2 Å². The normalized spacial score (nSPS) is 13.1. The number of rotatable bonds is 2. The number of nitrogen functional groups attached to an aromatic ring is 1. The second kappa shape index (κ2) is 4.40. The summed E-state index contributed by atoms with van der Waals surface area (Å²) in [6.07, 6.45) is 0. The fraction of sp³-hybridized carbons (Fsp3) is 0.167. The van der Waals surface area contributed by atoms with Crippen LogP contribution in [0.3, 0.4) is 0 Å². The van der Waals surface area contributed by atoms with Crippen LogP contribution in [0.15, 0.2) is 30.3 Å². The quantitative estimate of drug-likeness (QED) is 0.834. The Bertz CT molecular complexity index is 557. The molecule has 0 amide bonds. The lowest BCUT2D eigenvalue weighted by molar-refractivity contribution is 0.171. The summed E-state index contributed by atoms with van der Waals surface area (Å²) in [5, 5.41) is 10.8. The molecule has 0 spiro atoms. The maximum absolute atomic E-state index is 5.50. The van der Waals surface area contributed by atoms with Crippen LogP contribution in [-0.4, -0.2) is 23.4 Å². The third-order valence-electron chi connectivity index (χ3n) is 2.50. The van der Waals surface area contributed by atoms with Crippen molar-refractivity contribution in [2.24, 2.45) is 0 Å². The van der Waals surface area contributed by atoms with Crippen LogP contribution >= 0.6 is 0 Å². The molecule has 0 radical (unpaired) electrons. The van der Waals surface area contributed by atoms with Gasteiger partial charge in [0, 0.05) is 11.8 Å². The minimum Gasteiger partial charge on any atom is -0.486 e. The number of nitrogens with zero attached hydrogens (tertiary/aromatic N) is 2. The van der Waals surface area contributed by atoms with Gasteiger partial charge in [-0.25, -0.2) is 0 Å². The Morgan fingerprint density at radius 2 is 1.83 bits per heavy atom. The number of nitrogens with two attached hydrogens (primary N) is 1. The van der Waals surface area contributed by atoms with E-state index >= 15 is 0 Å². The maximum Gasteiger partial charge on any atom is 0.163 e. The van der Waals surface area contributed by atoms with Gasteiger partial charge < -0.3 is 20.5 Å². The number of hydrogen-bond acceptors (Lipinski definition) is 6. The van der Waals surface area contributed by atoms with E-state index in [-0.39, 0.29) is 0 Å². The van der Waals surface area contributed by atoms with Crippen molar-refractivity contribution in [1.29, 1.82) is 0 Å². The molecule has 6 heteroatoms. The van der Waals surface area contributed by atoms with E-state index in [0.717, 1.165) is 17.2 Å². The summed E-state index contributed by atoms with van der Waals surface area (Å²) >= 11 is 0. The van der Waals surface area contributed by atoms with Crippen molar-refractivity contribution < 1.29 is 9.47 Å². The molecule has 0 aliphatic carbocycles. The molecule has 0 saturated heterocycles. The Balaban J connectivity index is 1.82. The zero-order valence-electron chi connectivity index (χ0n) is 9.59. The van der Waals surface area contributed by atoms with Crippen LogP contribution < -0.4 is 20.5 Å². The lowest BCUT2D eigenvalue weighted by Crippen LogP contribution is -2.15. The Kier molecular flexibility index (Phi) is 2.60. The number of fused-ring (bicyclic) bond motifs is 1. The van der Waals surface area contributed by atoms with E-state index in [2.05, 4.69) is 15.5 Å². The van der Waals surface area contributed by atoms with Crippen LogP contribution in [0, 0.1) is 0 Å². The van der Waals surface area contributed by atoms with Gasteiger partial charge in [-0.05, 0) is 24.3 Å². The zero-order chi connectivity index (χ0) is 12.4. The highest BCUT2D eigenvalue weighted by molar-refractivity contribution is 5.61. The minimum absolute atomic E-state index is 0.391. The lowest BCUT2D eigenvalue weighted by Gasteiger charge is -2.19. The number of aromatic nitrogens is 2. The van der Waals surface area contributed by atoms with E-state index in [1.54, 1.807) is 12.1 Å². The van der Waals surface area contributed by atoms with E-state index in [0.29, 0.717) is 24.8 Å². The first kappa shape index (κ1) is 10.6. The minimum atomic E-state index is 0.391. The van der Waals surface area contributed by atoms with Gasteiger partial charge in [0.1, 0.15) is 19.0 Å². The average Bonchev–Trinajstić information content (AvgIpc) is 2.41. The summed E-state index contributed by atoms with van der Waals surface area (Å²) in [6.45, 7) is 1.15. The summed E-state index contributed by atoms with van der Waals surface area (Å²) in [5.74, 6) is 2.51. The van der Waals surface area contributed by atoms with Crippen molar-refractivity contribution in [3.05, 3.63) is 30.3 Å². The van der Waals surface area contributed by atoms with Crippen molar-refractivity contribution in [2.45, 2.75) is 0 Å². The fourth-order valence-corrected chi connectivity index (χ4v) is 1.68. The summed E-state index contributed by atoms with van der Waals surface area (Å²) in [5.41, 5.74) is 6.33. The molecule has 92 valence electrons. The lowest BCUT2D eigenvalue weighted by atomic mass is 10.2. The van der Waals surface area contributed by atoms with Gasteiger partial charge in [0.05, 0.1) is 0 Å². The van der Waals surface area contributed by atoms with Crippen LogP contribution in [-0.2, 0) is 0 Å². The van der Waals surface area contributed by atoms with E-state index in [1.807, 2.05) is 18.2 Å². The molecule has 1 aliphatic rings. The molecule has 1 aromatic carbocycles. The molecule has 0 unspecified atom stereocenters. The van der Waals surface area contributed by atoms with Crippen LogP contribution in [0.4, 0.5) is 17.3 Å². The first-order chi connectivity index (χ1) is 8.81. The topological polar surface area (TPSA) is 82.3 Å². The monoisotopic (exact) mass is 244 g/mol. The molecule has 3 rings (SSSR count). The number of anilines is 3. The predicted molar refractivity (Wildman–Crippen MR) is 67.2 cm³/mol. The average molecular weight is 244 g/mol. The number of ether oxygens (including phenoxy) is 2. The van der Waals surface area contributed by atoms with E-state index in [1.165, 1.54) is 0 Å². The molecule has 3 N–H and O–H groups in total. The molecule has 0 atom stereocenters. The van der Waals surface area contributed by atoms with Gasteiger partial charge in [-0.2, -0.15) is 0 Å². The van der Waals surface area contributed by atoms with Crippen molar-refractivity contribution in [3.63, 3.8) is 0 Å². The summed E-state index contributed by atoms with van der Waals surface area (Å²) in [6, 6.07) is 9.08. The summed E-state index contributed by atoms with van der Waals surface area (Å²) < 4.78 is 10.9. The van der Waals surface area contributed by atoms with Gasteiger partial charge >= 0.3 is 0 Å². The molecule has 6 nitrogen and oxygen atoms in total. The molecule has 1 aliphatic heterocycles. The summed E-state index contributed by atoms with van der Waals surface area (Å²) in [4.78, 5) is 0. The zero-order valence-corrected chi connectivity index (χ0v) is 9.59.